The zero-order chi connectivity index (χ0) is 11.0. The minimum Gasteiger partial charge on any atom is -0.507 e. The van der Waals surface area contributed by atoms with E-state index in [-0.39, 0.29) is 18.2 Å². The summed E-state index contributed by atoms with van der Waals surface area (Å²) in [4.78, 5) is 4.32. The first-order valence-electron chi connectivity index (χ1n) is 4.98. The van der Waals surface area contributed by atoms with Crippen LogP contribution >= 0.6 is 12.4 Å². The van der Waals surface area contributed by atoms with Gasteiger partial charge in [-0.2, -0.15) is 0 Å². The SMILES string of the molecule is Cl.Oc1ccccc1-c1nc2ccccc2o1. The summed E-state index contributed by atoms with van der Waals surface area (Å²) in [6.45, 7) is 0. The number of para-hydroxylation sites is 3. The van der Waals surface area contributed by atoms with Crippen LogP contribution < -0.4 is 0 Å². The number of fused-ring (bicyclic) bond motifs is 1. The second-order valence-electron chi connectivity index (χ2n) is 3.50. The molecule has 0 aliphatic heterocycles. The minimum atomic E-state index is 0. The second kappa shape index (κ2) is 4.47. The van der Waals surface area contributed by atoms with Gasteiger partial charge < -0.3 is 9.52 Å². The van der Waals surface area contributed by atoms with E-state index >= 15 is 0 Å². The average Bonchev–Trinajstić information content (AvgIpc) is 2.73. The van der Waals surface area contributed by atoms with E-state index in [1.54, 1.807) is 18.2 Å². The molecule has 0 spiro atoms. The summed E-state index contributed by atoms with van der Waals surface area (Å²) in [5.41, 5.74) is 2.13. The second-order valence-corrected chi connectivity index (χ2v) is 3.50. The largest absolute Gasteiger partial charge is 0.507 e. The Morgan fingerprint density at radius 3 is 2.41 bits per heavy atom. The van der Waals surface area contributed by atoms with Crippen LogP contribution in [0.25, 0.3) is 22.6 Å². The predicted molar refractivity (Wildman–Crippen MR) is 68.4 cm³/mol. The van der Waals surface area contributed by atoms with Gasteiger partial charge in [-0.3, -0.25) is 0 Å². The smallest absolute Gasteiger partial charge is 0.231 e. The molecule has 17 heavy (non-hydrogen) atoms. The van der Waals surface area contributed by atoms with Crippen LogP contribution in [0.2, 0.25) is 0 Å². The topological polar surface area (TPSA) is 46.3 Å². The van der Waals surface area contributed by atoms with E-state index in [1.807, 2.05) is 30.3 Å². The minimum absolute atomic E-state index is 0. The Morgan fingerprint density at radius 1 is 0.941 bits per heavy atom. The van der Waals surface area contributed by atoms with Gasteiger partial charge in [0.1, 0.15) is 11.3 Å². The molecule has 1 aromatic heterocycles. The van der Waals surface area contributed by atoms with E-state index in [9.17, 15) is 5.11 Å². The Morgan fingerprint density at radius 2 is 1.65 bits per heavy atom. The van der Waals surface area contributed by atoms with Gasteiger partial charge in [-0.1, -0.05) is 24.3 Å². The molecule has 86 valence electrons. The van der Waals surface area contributed by atoms with Gasteiger partial charge in [0.25, 0.3) is 0 Å². The van der Waals surface area contributed by atoms with Crippen molar-refractivity contribution in [2.24, 2.45) is 0 Å². The molecule has 3 aromatic rings. The highest BCUT2D eigenvalue weighted by Gasteiger charge is 2.10. The van der Waals surface area contributed by atoms with Gasteiger partial charge in [-0.05, 0) is 24.3 Å². The summed E-state index contributed by atoms with van der Waals surface area (Å²) in [6, 6.07) is 14.5. The highest BCUT2D eigenvalue weighted by molar-refractivity contribution is 5.85. The molecule has 0 aliphatic rings. The average molecular weight is 248 g/mol. The third kappa shape index (κ3) is 1.97. The number of benzene rings is 2. The van der Waals surface area contributed by atoms with Gasteiger partial charge in [-0.15, -0.1) is 12.4 Å². The molecule has 0 radical (unpaired) electrons. The van der Waals surface area contributed by atoms with Crippen molar-refractivity contribution in [1.82, 2.24) is 4.98 Å². The fourth-order valence-corrected chi connectivity index (χ4v) is 1.64. The van der Waals surface area contributed by atoms with Gasteiger partial charge in [0.2, 0.25) is 5.89 Å². The third-order valence-corrected chi connectivity index (χ3v) is 2.43. The molecule has 0 saturated carbocycles. The Balaban J connectivity index is 0.00000108. The zero-order valence-electron chi connectivity index (χ0n) is 8.83. The summed E-state index contributed by atoms with van der Waals surface area (Å²) >= 11 is 0. The molecule has 3 rings (SSSR count). The van der Waals surface area contributed by atoms with Crippen molar-refractivity contribution in [1.29, 1.82) is 0 Å². The van der Waals surface area contributed by atoms with E-state index in [0.717, 1.165) is 11.1 Å². The summed E-state index contributed by atoms with van der Waals surface area (Å²) < 4.78 is 5.56. The fourth-order valence-electron chi connectivity index (χ4n) is 1.64. The Labute approximate surface area is 104 Å². The van der Waals surface area contributed by atoms with Gasteiger partial charge in [-0.25, -0.2) is 4.98 Å². The van der Waals surface area contributed by atoms with Crippen molar-refractivity contribution in [3.05, 3.63) is 48.5 Å². The molecular weight excluding hydrogens is 238 g/mol. The van der Waals surface area contributed by atoms with Crippen LogP contribution in [-0.4, -0.2) is 10.1 Å². The van der Waals surface area contributed by atoms with Crippen LogP contribution in [0, 0.1) is 0 Å². The number of nitrogens with zero attached hydrogens (tertiary/aromatic N) is 1. The Kier molecular flexibility index (Phi) is 3.02. The van der Waals surface area contributed by atoms with Gasteiger partial charge in [0, 0.05) is 0 Å². The first-order valence-corrected chi connectivity index (χ1v) is 4.98. The number of aromatic nitrogens is 1. The van der Waals surface area contributed by atoms with Crippen molar-refractivity contribution in [3.8, 4) is 17.2 Å². The first kappa shape index (κ1) is 11.5. The van der Waals surface area contributed by atoms with Gasteiger partial charge >= 0.3 is 0 Å². The van der Waals surface area contributed by atoms with E-state index in [0.29, 0.717) is 11.5 Å². The quantitative estimate of drug-likeness (QED) is 0.714. The highest BCUT2D eigenvalue weighted by Crippen LogP contribution is 2.30. The van der Waals surface area contributed by atoms with Crippen molar-refractivity contribution in [3.63, 3.8) is 0 Å². The number of hydrogen-bond acceptors (Lipinski definition) is 3. The standard InChI is InChI=1S/C13H9NO2.ClH/c15-11-7-3-1-5-9(11)13-14-10-6-2-4-8-12(10)16-13;/h1-8,15H;1H. The number of hydrogen-bond donors (Lipinski definition) is 1. The van der Waals surface area contributed by atoms with Crippen LogP contribution in [0.4, 0.5) is 0 Å². The van der Waals surface area contributed by atoms with Crippen molar-refractivity contribution in [2.45, 2.75) is 0 Å². The van der Waals surface area contributed by atoms with E-state index in [2.05, 4.69) is 4.98 Å². The number of aromatic hydroxyl groups is 1. The molecule has 0 bridgehead atoms. The molecule has 0 aliphatic carbocycles. The summed E-state index contributed by atoms with van der Waals surface area (Å²) in [6.07, 6.45) is 0. The molecule has 0 unspecified atom stereocenters. The first-order chi connectivity index (χ1) is 7.84. The third-order valence-electron chi connectivity index (χ3n) is 2.43. The lowest BCUT2D eigenvalue weighted by Crippen LogP contribution is -1.77. The number of phenolic OH excluding ortho intramolecular Hbond substituents is 1. The number of halogens is 1. The van der Waals surface area contributed by atoms with Crippen LogP contribution in [-0.2, 0) is 0 Å². The molecule has 2 aromatic carbocycles. The van der Waals surface area contributed by atoms with Crippen LogP contribution in [0.1, 0.15) is 0 Å². The van der Waals surface area contributed by atoms with Crippen LogP contribution in [0.15, 0.2) is 52.9 Å². The number of oxazole rings is 1. The normalized spacial score (nSPS) is 10.1. The number of rotatable bonds is 1. The number of phenols is 1. The Bertz CT molecular complexity index is 615. The molecule has 0 fully saturated rings. The van der Waals surface area contributed by atoms with Crippen LogP contribution in [0.5, 0.6) is 5.75 Å². The maximum atomic E-state index is 9.69. The summed E-state index contributed by atoms with van der Waals surface area (Å²) in [5.74, 6) is 0.619. The van der Waals surface area contributed by atoms with E-state index in [4.69, 9.17) is 4.42 Å². The van der Waals surface area contributed by atoms with Crippen molar-refractivity contribution < 1.29 is 9.52 Å². The Hall–Kier alpha value is -2.00. The van der Waals surface area contributed by atoms with E-state index in [1.165, 1.54) is 0 Å². The highest BCUT2D eigenvalue weighted by atomic mass is 35.5. The summed E-state index contributed by atoms with van der Waals surface area (Å²) in [7, 11) is 0. The maximum Gasteiger partial charge on any atom is 0.231 e. The lowest BCUT2D eigenvalue weighted by atomic mass is 10.2. The molecule has 1 heterocycles. The molecule has 0 saturated heterocycles. The lowest BCUT2D eigenvalue weighted by Gasteiger charge is -1.97. The fraction of sp³-hybridized carbons (Fsp3) is 0. The van der Waals surface area contributed by atoms with Crippen LogP contribution in [0.3, 0.4) is 0 Å². The molecule has 3 nitrogen and oxygen atoms in total. The van der Waals surface area contributed by atoms with Crippen molar-refractivity contribution >= 4 is 23.5 Å². The molecular formula is C13H10ClNO2. The lowest BCUT2D eigenvalue weighted by molar-refractivity contribution is 0.474. The molecule has 4 heteroatoms. The predicted octanol–water partition coefficient (Wildman–Crippen LogP) is 3.62. The molecule has 1 N–H and O–H groups in total. The maximum absolute atomic E-state index is 9.69. The monoisotopic (exact) mass is 247 g/mol. The van der Waals surface area contributed by atoms with E-state index < -0.39 is 0 Å². The van der Waals surface area contributed by atoms with Crippen molar-refractivity contribution in [2.75, 3.05) is 0 Å². The molecule has 0 amide bonds. The summed E-state index contributed by atoms with van der Waals surface area (Å²) in [5, 5.41) is 9.69. The van der Waals surface area contributed by atoms with Gasteiger partial charge in [0.05, 0.1) is 5.56 Å². The van der Waals surface area contributed by atoms with Gasteiger partial charge in [0.15, 0.2) is 5.58 Å². The zero-order valence-corrected chi connectivity index (χ0v) is 9.65. The molecule has 0 atom stereocenters.